The van der Waals surface area contributed by atoms with Crippen LogP contribution < -0.4 is 15.4 Å². The maximum absolute atomic E-state index is 14.1. The molecule has 0 heterocycles. The van der Waals surface area contributed by atoms with E-state index in [0.717, 1.165) is 25.7 Å². The number of hydrogen-bond donors (Lipinski definition) is 3. The fourth-order valence-corrected chi connectivity index (χ4v) is 2.97. The van der Waals surface area contributed by atoms with Gasteiger partial charge in [-0.1, -0.05) is 6.92 Å². The molecule has 3 N–H and O–H groups in total. The second kappa shape index (κ2) is 8.87. The molecule has 2 amide bonds. The number of anilines is 1. The molecule has 0 bridgehead atoms. The normalized spacial score (nSPS) is 17.3. The molecule has 0 aliphatic heterocycles. The maximum atomic E-state index is 14.1. The average molecular weight is 338 g/mol. The van der Waals surface area contributed by atoms with E-state index in [-0.39, 0.29) is 17.8 Å². The molecule has 5 nitrogen and oxygen atoms in total. The molecule has 1 aromatic rings. The molecule has 1 aliphatic carbocycles. The van der Waals surface area contributed by atoms with Crippen molar-refractivity contribution >= 4 is 11.7 Å². The van der Waals surface area contributed by atoms with E-state index in [1.807, 2.05) is 6.92 Å². The van der Waals surface area contributed by atoms with E-state index in [1.54, 1.807) is 19.1 Å². The molecular weight excluding hydrogens is 311 g/mol. The van der Waals surface area contributed by atoms with Crippen LogP contribution in [0.25, 0.3) is 0 Å². The molecule has 1 saturated carbocycles. The van der Waals surface area contributed by atoms with Gasteiger partial charge >= 0.3 is 6.03 Å². The van der Waals surface area contributed by atoms with Crippen LogP contribution in [0.4, 0.5) is 14.9 Å². The number of hydrogen-bond acceptors (Lipinski definition) is 3. The SMILES string of the molecule is CC(O)CC(C)CNC(=O)Nc1ccc(OC2CCCC2)c(F)c1. The molecule has 1 aromatic carbocycles. The number of halogens is 1. The maximum Gasteiger partial charge on any atom is 0.319 e. The summed E-state index contributed by atoms with van der Waals surface area (Å²) in [6.45, 7) is 4.11. The highest BCUT2D eigenvalue weighted by Crippen LogP contribution is 2.27. The van der Waals surface area contributed by atoms with Crippen LogP contribution in [0, 0.1) is 11.7 Å². The van der Waals surface area contributed by atoms with Gasteiger partial charge < -0.3 is 20.5 Å². The number of aliphatic hydroxyl groups is 1. The first-order chi connectivity index (χ1) is 11.4. The van der Waals surface area contributed by atoms with E-state index in [9.17, 15) is 14.3 Å². The van der Waals surface area contributed by atoms with E-state index in [4.69, 9.17) is 4.74 Å². The van der Waals surface area contributed by atoms with Gasteiger partial charge in [-0.3, -0.25) is 0 Å². The number of amides is 2. The standard InChI is InChI=1S/C18H27FN2O3/c1-12(9-13(2)22)11-20-18(23)21-14-7-8-17(16(19)10-14)24-15-5-3-4-6-15/h7-8,10,12-13,15,22H,3-6,9,11H2,1-2H3,(H2,20,21,23). The highest BCUT2D eigenvalue weighted by molar-refractivity contribution is 5.89. The van der Waals surface area contributed by atoms with Gasteiger partial charge in [-0.2, -0.15) is 0 Å². The van der Waals surface area contributed by atoms with E-state index >= 15 is 0 Å². The van der Waals surface area contributed by atoms with Gasteiger partial charge in [0, 0.05) is 18.3 Å². The van der Waals surface area contributed by atoms with E-state index < -0.39 is 18.0 Å². The predicted octanol–water partition coefficient (Wildman–Crippen LogP) is 3.68. The summed E-state index contributed by atoms with van der Waals surface area (Å²) in [7, 11) is 0. The van der Waals surface area contributed by atoms with Crippen molar-refractivity contribution in [2.24, 2.45) is 5.92 Å². The zero-order valence-electron chi connectivity index (χ0n) is 14.3. The predicted molar refractivity (Wildman–Crippen MR) is 91.8 cm³/mol. The third-order valence-electron chi connectivity index (χ3n) is 4.14. The van der Waals surface area contributed by atoms with E-state index in [2.05, 4.69) is 10.6 Å². The lowest BCUT2D eigenvalue weighted by molar-refractivity contribution is 0.163. The molecule has 0 radical (unpaired) electrons. The van der Waals surface area contributed by atoms with Crippen LogP contribution in [0.5, 0.6) is 5.75 Å². The summed E-state index contributed by atoms with van der Waals surface area (Å²) in [5.74, 6) is -0.0738. The van der Waals surface area contributed by atoms with Crippen LogP contribution in [-0.2, 0) is 0 Å². The molecule has 2 atom stereocenters. The molecule has 2 rings (SSSR count). The highest BCUT2D eigenvalue weighted by Gasteiger charge is 2.18. The lowest BCUT2D eigenvalue weighted by Crippen LogP contribution is -2.33. The number of urea groups is 1. The number of ether oxygens (including phenoxy) is 1. The van der Waals surface area contributed by atoms with Crippen molar-refractivity contribution in [3.63, 3.8) is 0 Å². The Kier molecular flexibility index (Phi) is 6.85. The molecule has 1 aliphatic rings. The Morgan fingerprint density at radius 3 is 2.71 bits per heavy atom. The number of rotatable bonds is 7. The number of carbonyl (C=O) groups excluding carboxylic acids is 1. The van der Waals surface area contributed by atoms with Crippen LogP contribution in [0.2, 0.25) is 0 Å². The molecule has 134 valence electrons. The summed E-state index contributed by atoms with van der Waals surface area (Å²) in [4.78, 5) is 11.8. The number of benzene rings is 1. The first kappa shape index (κ1) is 18.5. The first-order valence-electron chi connectivity index (χ1n) is 8.63. The summed E-state index contributed by atoms with van der Waals surface area (Å²) in [6, 6.07) is 4.06. The van der Waals surface area contributed by atoms with Gasteiger partial charge in [-0.25, -0.2) is 9.18 Å². The van der Waals surface area contributed by atoms with Gasteiger partial charge in [0.1, 0.15) is 0 Å². The van der Waals surface area contributed by atoms with Crippen molar-refractivity contribution < 1.29 is 19.0 Å². The first-order valence-corrected chi connectivity index (χ1v) is 8.63. The van der Waals surface area contributed by atoms with Gasteiger partial charge in [0.05, 0.1) is 12.2 Å². The van der Waals surface area contributed by atoms with Crippen molar-refractivity contribution in [3.05, 3.63) is 24.0 Å². The third-order valence-corrected chi connectivity index (χ3v) is 4.14. The molecule has 0 spiro atoms. The second-order valence-corrected chi connectivity index (χ2v) is 6.69. The van der Waals surface area contributed by atoms with Crippen molar-refractivity contribution in [2.45, 2.75) is 58.2 Å². The zero-order chi connectivity index (χ0) is 17.5. The summed E-state index contributed by atoms with van der Waals surface area (Å²) in [5, 5.41) is 14.6. The lowest BCUT2D eigenvalue weighted by Gasteiger charge is -2.16. The van der Waals surface area contributed by atoms with Gasteiger partial charge in [0.2, 0.25) is 0 Å². The Labute approximate surface area is 142 Å². The van der Waals surface area contributed by atoms with E-state index in [0.29, 0.717) is 18.7 Å². The topological polar surface area (TPSA) is 70.6 Å². The Hall–Kier alpha value is -1.82. The molecule has 1 fully saturated rings. The summed E-state index contributed by atoms with van der Waals surface area (Å²) in [5.41, 5.74) is 0.381. The Bertz CT molecular complexity index is 545. The van der Waals surface area contributed by atoms with Crippen molar-refractivity contribution in [2.75, 3.05) is 11.9 Å². The summed E-state index contributed by atoms with van der Waals surface area (Å²) in [6.07, 6.45) is 4.49. The highest BCUT2D eigenvalue weighted by atomic mass is 19.1. The Morgan fingerprint density at radius 2 is 2.08 bits per heavy atom. The minimum Gasteiger partial charge on any atom is -0.487 e. The lowest BCUT2D eigenvalue weighted by atomic mass is 10.1. The smallest absolute Gasteiger partial charge is 0.319 e. The van der Waals surface area contributed by atoms with Crippen LogP contribution in [0.15, 0.2) is 18.2 Å². The molecule has 2 unspecified atom stereocenters. The van der Waals surface area contributed by atoms with Gasteiger partial charge in [0.25, 0.3) is 0 Å². The van der Waals surface area contributed by atoms with E-state index in [1.165, 1.54) is 6.07 Å². The van der Waals surface area contributed by atoms with Crippen LogP contribution in [0.3, 0.4) is 0 Å². The number of carbonyl (C=O) groups is 1. The van der Waals surface area contributed by atoms with Gasteiger partial charge in [-0.05, 0) is 57.1 Å². The fourth-order valence-electron chi connectivity index (χ4n) is 2.97. The van der Waals surface area contributed by atoms with Crippen molar-refractivity contribution in [3.8, 4) is 5.75 Å². The zero-order valence-corrected chi connectivity index (χ0v) is 14.3. The fraction of sp³-hybridized carbons (Fsp3) is 0.611. The summed E-state index contributed by atoms with van der Waals surface area (Å²) < 4.78 is 19.7. The minimum atomic E-state index is -0.470. The molecular formula is C18H27FN2O3. The Balaban J connectivity index is 1.81. The largest absolute Gasteiger partial charge is 0.487 e. The van der Waals surface area contributed by atoms with Crippen LogP contribution in [0.1, 0.15) is 46.0 Å². The summed E-state index contributed by atoms with van der Waals surface area (Å²) >= 11 is 0. The van der Waals surface area contributed by atoms with Gasteiger partial charge in [-0.15, -0.1) is 0 Å². The molecule has 0 saturated heterocycles. The van der Waals surface area contributed by atoms with Gasteiger partial charge in [0.15, 0.2) is 11.6 Å². The van der Waals surface area contributed by atoms with Crippen molar-refractivity contribution in [1.29, 1.82) is 0 Å². The Morgan fingerprint density at radius 1 is 1.38 bits per heavy atom. The molecule has 6 heteroatoms. The van der Waals surface area contributed by atoms with Crippen LogP contribution >= 0.6 is 0 Å². The average Bonchev–Trinajstić information content (AvgIpc) is 3.00. The third kappa shape index (κ3) is 6.00. The number of aliphatic hydroxyl groups excluding tert-OH is 1. The monoisotopic (exact) mass is 338 g/mol. The second-order valence-electron chi connectivity index (χ2n) is 6.69. The van der Waals surface area contributed by atoms with Crippen LogP contribution in [-0.4, -0.2) is 29.9 Å². The molecule has 0 aromatic heterocycles. The molecule has 24 heavy (non-hydrogen) atoms. The minimum absolute atomic E-state index is 0.0945. The quantitative estimate of drug-likeness (QED) is 0.710. The van der Waals surface area contributed by atoms with Crippen molar-refractivity contribution in [1.82, 2.24) is 5.32 Å². The number of nitrogens with one attached hydrogen (secondary N) is 2.